The standard InChI is InChI=1S/C13H18O3/c1-2-3-7-10-16-13(15)12(14)11-8-5-4-6-9-11/h4-6,8-9,12,14H,2-3,7,10H2,1H3/t12-/m1/s1. The van der Waals surface area contributed by atoms with Crippen LogP contribution in [-0.2, 0) is 9.53 Å². The van der Waals surface area contributed by atoms with E-state index in [4.69, 9.17) is 4.74 Å². The van der Waals surface area contributed by atoms with Gasteiger partial charge in [-0.25, -0.2) is 4.79 Å². The lowest BCUT2D eigenvalue weighted by Crippen LogP contribution is -2.16. The van der Waals surface area contributed by atoms with Crippen LogP contribution in [0, 0.1) is 0 Å². The van der Waals surface area contributed by atoms with E-state index < -0.39 is 12.1 Å². The monoisotopic (exact) mass is 222 g/mol. The van der Waals surface area contributed by atoms with Crippen LogP contribution in [-0.4, -0.2) is 17.7 Å². The van der Waals surface area contributed by atoms with Crippen LogP contribution in [0.4, 0.5) is 0 Å². The van der Waals surface area contributed by atoms with Crippen molar-refractivity contribution >= 4 is 5.97 Å². The Morgan fingerprint density at radius 2 is 2.00 bits per heavy atom. The molecule has 0 aliphatic carbocycles. The van der Waals surface area contributed by atoms with Gasteiger partial charge in [0.1, 0.15) is 0 Å². The Balaban J connectivity index is 2.37. The number of hydrogen-bond donors (Lipinski definition) is 1. The van der Waals surface area contributed by atoms with Crippen LogP contribution in [0.5, 0.6) is 0 Å². The highest BCUT2D eigenvalue weighted by Gasteiger charge is 2.17. The lowest BCUT2D eigenvalue weighted by atomic mass is 10.1. The molecule has 0 bridgehead atoms. The Morgan fingerprint density at radius 1 is 1.31 bits per heavy atom. The van der Waals surface area contributed by atoms with Gasteiger partial charge in [0, 0.05) is 0 Å². The molecule has 3 nitrogen and oxygen atoms in total. The van der Waals surface area contributed by atoms with E-state index in [0.29, 0.717) is 12.2 Å². The molecule has 0 aromatic heterocycles. The number of rotatable bonds is 6. The summed E-state index contributed by atoms with van der Waals surface area (Å²) in [6.45, 7) is 2.47. The van der Waals surface area contributed by atoms with E-state index in [2.05, 4.69) is 6.92 Å². The van der Waals surface area contributed by atoms with Gasteiger partial charge in [-0.1, -0.05) is 50.1 Å². The average Bonchev–Trinajstić information content (AvgIpc) is 2.34. The molecule has 0 radical (unpaired) electrons. The van der Waals surface area contributed by atoms with Gasteiger partial charge in [0.2, 0.25) is 0 Å². The van der Waals surface area contributed by atoms with Crippen LogP contribution in [0.3, 0.4) is 0 Å². The number of unbranched alkanes of at least 4 members (excludes halogenated alkanes) is 2. The second-order valence-corrected chi connectivity index (χ2v) is 3.69. The minimum atomic E-state index is -1.16. The van der Waals surface area contributed by atoms with E-state index in [1.165, 1.54) is 0 Å². The molecule has 0 fully saturated rings. The van der Waals surface area contributed by atoms with Gasteiger partial charge in [-0.05, 0) is 12.0 Å². The molecule has 1 rings (SSSR count). The summed E-state index contributed by atoms with van der Waals surface area (Å²) in [7, 11) is 0. The summed E-state index contributed by atoms with van der Waals surface area (Å²) < 4.78 is 4.97. The van der Waals surface area contributed by atoms with Crippen molar-refractivity contribution in [3.8, 4) is 0 Å². The Morgan fingerprint density at radius 3 is 2.62 bits per heavy atom. The normalized spacial score (nSPS) is 12.1. The third-order valence-electron chi connectivity index (χ3n) is 2.33. The summed E-state index contributed by atoms with van der Waals surface area (Å²) >= 11 is 0. The minimum absolute atomic E-state index is 0.385. The fourth-order valence-electron chi connectivity index (χ4n) is 1.38. The molecule has 1 N–H and O–H groups in total. The van der Waals surface area contributed by atoms with Crippen molar-refractivity contribution in [3.63, 3.8) is 0 Å². The van der Waals surface area contributed by atoms with Crippen molar-refractivity contribution in [2.24, 2.45) is 0 Å². The van der Waals surface area contributed by atoms with Gasteiger partial charge in [0.15, 0.2) is 6.10 Å². The quantitative estimate of drug-likeness (QED) is 0.594. The Bertz CT molecular complexity index is 308. The molecule has 0 heterocycles. The van der Waals surface area contributed by atoms with Gasteiger partial charge in [-0.3, -0.25) is 0 Å². The van der Waals surface area contributed by atoms with E-state index in [1.807, 2.05) is 6.07 Å². The molecule has 0 spiro atoms. The van der Waals surface area contributed by atoms with Crippen LogP contribution in [0.2, 0.25) is 0 Å². The first-order chi connectivity index (χ1) is 7.75. The van der Waals surface area contributed by atoms with Gasteiger partial charge < -0.3 is 9.84 Å². The Hall–Kier alpha value is -1.35. The third-order valence-corrected chi connectivity index (χ3v) is 2.33. The van der Waals surface area contributed by atoms with Crippen LogP contribution in [0.1, 0.15) is 37.9 Å². The lowest BCUT2D eigenvalue weighted by Gasteiger charge is -2.10. The average molecular weight is 222 g/mol. The number of carbonyl (C=O) groups is 1. The highest BCUT2D eigenvalue weighted by molar-refractivity contribution is 5.76. The van der Waals surface area contributed by atoms with E-state index in [-0.39, 0.29) is 0 Å². The SMILES string of the molecule is CCCCCOC(=O)[C@H](O)c1ccccc1. The van der Waals surface area contributed by atoms with E-state index in [9.17, 15) is 9.90 Å². The summed E-state index contributed by atoms with van der Waals surface area (Å²) in [5, 5.41) is 9.67. The summed E-state index contributed by atoms with van der Waals surface area (Å²) in [6, 6.07) is 8.81. The van der Waals surface area contributed by atoms with Gasteiger partial charge >= 0.3 is 5.97 Å². The molecule has 0 aliphatic heterocycles. The summed E-state index contributed by atoms with van der Waals surface area (Å²) in [6.07, 6.45) is 1.81. The van der Waals surface area contributed by atoms with Crippen molar-refractivity contribution in [2.45, 2.75) is 32.3 Å². The first-order valence-electron chi connectivity index (χ1n) is 5.65. The van der Waals surface area contributed by atoms with Gasteiger partial charge in [-0.2, -0.15) is 0 Å². The fraction of sp³-hybridized carbons (Fsp3) is 0.462. The number of carbonyl (C=O) groups excluding carboxylic acids is 1. The predicted octanol–water partition coefficient (Wildman–Crippen LogP) is 2.45. The van der Waals surface area contributed by atoms with Gasteiger partial charge in [0.25, 0.3) is 0 Å². The number of benzene rings is 1. The minimum Gasteiger partial charge on any atom is -0.464 e. The molecule has 0 unspecified atom stereocenters. The van der Waals surface area contributed by atoms with Crippen molar-refractivity contribution in [1.29, 1.82) is 0 Å². The predicted molar refractivity (Wildman–Crippen MR) is 61.9 cm³/mol. The molecule has 1 aromatic rings. The van der Waals surface area contributed by atoms with E-state index in [1.54, 1.807) is 24.3 Å². The molecule has 16 heavy (non-hydrogen) atoms. The second-order valence-electron chi connectivity index (χ2n) is 3.69. The molecule has 88 valence electrons. The second kappa shape index (κ2) is 7.01. The molecule has 0 saturated carbocycles. The molecule has 0 amide bonds. The fourth-order valence-corrected chi connectivity index (χ4v) is 1.38. The van der Waals surface area contributed by atoms with Gasteiger partial charge in [0.05, 0.1) is 6.61 Å². The number of ether oxygens (including phenoxy) is 1. The van der Waals surface area contributed by atoms with Gasteiger partial charge in [-0.15, -0.1) is 0 Å². The van der Waals surface area contributed by atoms with Crippen molar-refractivity contribution in [2.75, 3.05) is 6.61 Å². The highest BCUT2D eigenvalue weighted by Crippen LogP contribution is 2.13. The number of aliphatic hydroxyl groups excluding tert-OH is 1. The van der Waals surface area contributed by atoms with Crippen LogP contribution in [0.15, 0.2) is 30.3 Å². The number of aliphatic hydroxyl groups is 1. The number of esters is 1. The molecule has 0 saturated heterocycles. The molecule has 3 heteroatoms. The summed E-state index contributed by atoms with van der Waals surface area (Å²) in [4.78, 5) is 11.4. The molecule has 0 aliphatic rings. The van der Waals surface area contributed by atoms with Crippen molar-refractivity contribution in [3.05, 3.63) is 35.9 Å². The molecular weight excluding hydrogens is 204 g/mol. The smallest absolute Gasteiger partial charge is 0.339 e. The zero-order chi connectivity index (χ0) is 11.8. The maximum absolute atomic E-state index is 11.4. The highest BCUT2D eigenvalue weighted by atomic mass is 16.5. The van der Waals surface area contributed by atoms with Crippen LogP contribution in [0.25, 0.3) is 0 Å². The maximum atomic E-state index is 11.4. The van der Waals surface area contributed by atoms with E-state index >= 15 is 0 Å². The Kier molecular flexibility index (Phi) is 5.57. The molecule has 1 atom stereocenters. The first kappa shape index (κ1) is 12.7. The summed E-state index contributed by atoms with van der Waals surface area (Å²) in [5.74, 6) is -0.567. The zero-order valence-corrected chi connectivity index (χ0v) is 9.56. The topological polar surface area (TPSA) is 46.5 Å². The number of hydrogen-bond acceptors (Lipinski definition) is 3. The molecular formula is C13H18O3. The maximum Gasteiger partial charge on any atom is 0.339 e. The van der Waals surface area contributed by atoms with Crippen molar-refractivity contribution in [1.82, 2.24) is 0 Å². The van der Waals surface area contributed by atoms with Crippen LogP contribution < -0.4 is 0 Å². The lowest BCUT2D eigenvalue weighted by molar-refractivity contribution is -0.154. The Labute approximate surface area is 96.1 Å². The largest absolute Gasteiger partial charge is 0.464 e. The molecule has 1 aromatic carbocycles. The zero-order valence-electron chi connectivity index (χ0n) is 9.56. The summed E-state index contributed by atoms with van der Waals surface area (Å²) in [5.41, 5.74) is 0.572. The third kappa shape index (κ3) is 4.03. The van der Waals surface area contributed by atoms with E-state index in [0.717, 1.165) is 19.3 Å². The van der Waals surface area contributed by atoms with Crippen molar-refractivity contribution < 1.29 is 14.6 Å². The van der Waals surface area contributed by atoms with Crippen LogP contribution >= 0.6 is 0 Å². The first-order valence-corrected chi connectivity index (χ1v) is 5.65.